The standard InChI is InChI=1S/C25H23FN2O6S/c1-33-18-10-6-16(7-11-18)23(29)27-17-8-12-19(13-9-17)35-22(24(30)31)14-15-34-25(32)28-21-5-3-2-4-20(21)26/h2-13,22H,14-15H2,1H3,(H,27,29)(H,28,32)(H,30,31). The van der Waals surface area contributed by atoms with Crippen LogP contribution in [0.25, 0.3) is 0 Å². The van der Waals surface area contributed by atoms with Gasteiger partial charge in [-0.1, -0.05) is 12.1 Å². The first-order valence-electron chi connectivity index (χ1n) is 10.5. The molecule has 0 aliphatic rings. The van der Waals surface area contributed by atoms with Crippen LogP contribution < -0.4 is 15.4 Å². The summed E-state index contributed by atoms with van der Waals surface area (Å²) in [5.74, 6) is -1.31. The molecule has 3 N–H and O–H groups in total. The quantitative estimate of drug-likeness (QED) is 0.326. The number of rotatable bonds is 10. The highest BCUT2D eigenvalue weighted by Gasteiger charge is 2.20. The van der Waals surface area contributed by atoms with Gasteiger partial charge in [-0.3, -0.25) is 14.9 Å². The van der Waals surface area contributed by atoms with Gasteiger partial charge in [-0.25, -0.2) is 9.18 Å². The number of benzene rings is 3. The Morgan fingerprint density at radius 2 is 1.66 bits per heavy atom. The molecule has 35 heavy (non-hydrogen) atoms. The zero-order valence-electron chi connectivity index (χ0n) is 18.7. The minimum absolute atomic E-state index is 0.0270. The Hall–Kier alpha value is -4.05. The van der Waals surface area contributed by atoms with Gasteiger partial charge in [0.05, 0.1) is 19.4 Å². The molecule has 2 amide bonds. The summed E-state index contributed by atoms with van der Waals surface area (Å²) in [6, 6.07) is 19.0. The number of anilines is 2. The molecule has 3 aromatic carbocycles. The molecule has 0 heterocycles. The van der Waals surface area contributed by atoms with Gasteiger partial charge < -0.3 is 19.9 Å². The summed E-state index contributed by atoms with van der Waals surface area (Å²) >= 11 is 1.09. The van der Waals surface area contributed by atoms with Gasteiger partial charge in [0.2, 0.25) is 0 Å². The van der Waals surface area contributed by atoms with E-state index < -0.39 is 23.1 Å². The van der Waals surface area contributed by atoms with Crippen molar-refractivity contribution in [3.63, 3.8) is 0 Å². The Labute approximate surface area is 205 Å². The van der Waals surface area contributed by atoms with Crippen LogP contribution in [0.15, 0.2) is 77.7 Å². The normalized spacial score (nSPS) is 11.3. The molecule has 1 atom stereocenters. The van der Waals surface area contributed by atoms with Crippen LogP contribution in [0.4, 0.5) is 20.6 Å². The van der Waals surface area contributed by atoms with E-state index in [2.05, 4.69) is 10.6 Å². The van der Waals surface area contributed by atoms with E-state index in [1.165, 1.54) is 18.2 Å². The number of amides is 2. The van der Waals surface area contributed by atoms with Crippen molar-refractivity contribution in [2.45, 2.75) is 16.6 Å². The SMILES string of the molecule is COc1ccc(C(=O)Nc2ccc(SC(CCOC(=O)Nc3ccccc3F)C(=O)O)cc2)cc1. The van der Waals surface area contributed by atoms with Crippen LogP contribution in [0.3, 0.4) is 0 Å². The minimum Gasteiger partial charge on any atom is -0.497 e. The van der Waals surface area contributed by atoms with Gasteiger partial charge in [0.15, 0.2) is 0 Å². The van der Waals surface area contributed by atoms with E-state index >= 15 is 0 Å². The first kappa shape index (κ1) is 25.6. The number of hydrogen-bond acceptors (Lipinski definition) is 6. The topological polar surface area (TPSA) is 114 Å². The molecule has 0 fully saturated rings. The summed E-state index contributed by atoms with van der Waals surface area (Å²) in [6.45, 7) is -0.166. The summed E-state index contributed by atoms with van der Waals surface area (Å²) in [7, 11) is 1.54. The Balaban J connectivity index is 1.49. The smallest absolute Gasteiger partial charge is 0.411 e. The van der Waals surface area contributed by atoms with Crippen LogP contribution in [0.5, 0.6) is 5.75 Å². The number of hydrogen-bond donors (Lipinski definition) is 3. The largest absolute Gasteiger partial charge is 0.497 e. The van der Waals surface area contributed by atoms with Crippen LogP contribution in [-0.4, -0.2) is 42.0 Å². The van der Waals surface area contributed by atoms with Crippen molar-refractivity contribution in [1.82, 2.24) is 0 Å². The highest BCUT2D eigenvalue weighted by atomic mass is 32.2. The third-order valence-electron chi connectivity index (χ3n) is 4.74. The molecule has 0 spiro atoms. The molecule has 0 saturated heterocycles. The number of carboxylic acid groups (broad SMARTS) is 1. The molecule has 3 aromatic rings. The lowest BCUT2D eigenvalue weighted by molar-refractivity contribution is -0.136. The second-order valence-electron chi connectivity index (χ2n) is 7.18. The number of carbonyl (C=O) groups is 3. The van der Waals surface area contributed by atoms with E-state index in [1.807, 2.05) is 0 Å². The number of thioether (sulfide) groups is 1. The second-order valence-corrected chi connectivity index (χ2v) is 8.46. The Morgan fingerprint density at radius 1 is 0.971 bits per heavy atom. The number of nitrogens with one attached hydrogen (secondary N) is 2. The first-order valence-corrected chi connectivity index (χ1v) is 11.4. The summed E-state index contributed by atoms with van der Waals surface area (Å²) in [6.07, 6.45) is -0.832. The van der Waals surface area contributed by atoms with Gasteiger partial charge in [0, 0.05) is 22.6 Å². The number of aliphatic carboxylic acids is 1. The Bertz CT molecular complexity index is 1170. The Kier molecular flexibility index (Phi) is 9.08. The van der Waals surface area contributed by atoms with Gasteiger partial charge in [0.25, 0.3) is 5.91 Å². The maximum absolute atomic E-state index is 13.6. The van der Waals surface area contributed by atoms with E-state index in [1.54, 1.807) is 61.7 Å². The maximum Gasteiger partial charge on any atom is 0.411 e. The number of methoxy groups -OCH3 is 1. The van der Waals surface area contributed by atoms with E-state index in [0.717, 1.165) is 11.8 Å². The molecule has 8 nitrogen and oxygen atoms in total. The van der Waals surface area contributed by atoms with E-state index in [4.69, 9.17) is 9.47 Å². The van der Waals surface area contributed by atoms with E-state index in [9.17, 15) is 23.9 Å². The first-order chi connectivity index (χ1) is 16.9. The molecule has 182 valence electrons. The van der Waals surface area contributed by atoms with Crippen LogP contribution in [0, 0.1) is 5.82 Å². The molecule has 0 bridgehead atoms. The molecule has 0 saturated carbocycles. The summed E-state index contributed by atoms with van der Waals surface area (Å²) in [5.41, 5.74) is 0.991. The average molecular weight is 499 g/mol. The fourth-order valence-electron chi connectivity index (χ4n) is 2.93. The number of carboxylic acids is 1. The van der Waals surface area contributed by atoms with Gasteiger partial charge >= 0.3 is 12.1 Å². The van der Waals surface area contributed by atoms with Gasteiger partial charge in [0.1, 0.15) is 16.8 Å². The molecule has 0 aromatic heterocycles. The highest BCUT2D eigenvalue weighted by Crippen LogP contribution is 2.27. The zero-order chi connectivity index (χ0) is 25.2. The fraction of sp³-hybridized carbons (Fsp3) is 0.160. The number of ether oxygens (including phenoxy) is 2. The van der Waals surface area contributed by atoms with Crippen molar-refractivity contribution in [3.05, 3.63) is 84.2 Å². The molecule has 0 aliphatic heterocycles. The lowest BCUT2D eigenvalue weighted by Crippen LogP contribution is -2.21. The minimum atomic E-state index is -1.06. The highest BCUT2D eigenvalue weighted by molar-refractivity contribution is 8.00. The lowest BCUT2D eigenvalue weighted by atomic mass is 10.2. The molecular formula is C25H23FN2O6S. The van der Waals surface area contributed by atoms with Gasteiger partial charge in [-0.05, 0) is 60.7 Å². The van der Waals surface area contributed by atoms with Gasteiger partial charge in [-0.2, -0.15) is 0 Å². The maximum atomic E-state index is 13.6. The molecule has 1 unspecified atom stereocenters. The van der Waals surface area contributed by atoms with Crippen LogP contribution in [-0.2, 0) is 9.53 Å². The van der Waals surface area contributed by atoms with Crippen molar-refractivity contribution in [2.75, 3.05) is 24.4 Å². The fourth-order valence-corrected chi connectivity index (χ4v) is 3.86. The predicted molar refractivity (Wildman–Crippen MR) is 131 cm³/mol. The molecular weight excluding hydrogens is 475 g/mol. The molecule has 10 heteroatoms. The van der Waals surface area contributed by atoms with E-state index in [0.29, 0.717) is 21.9 Å². The number of carbonyl (C=O) groups excluding carboxylic acids is 2. The van der Waals surface area contributed by atoms with Crippen molar-refractivity contribution in [1.29, 1.82) is 0 Å². The molecule has 0 radical (unpaired) electrons. The average Bonchev–Trinajstić information content (AvgIpc) is 2.86. The third-order valence-corrected chi connectivity index (χ3v) is 6.01. The number of para-hydroxylation sites is 1. The summed E-state index contributed by atoms with van der Waals surface area (Å²) < 4.78 is 23.6. The lowest BCUT2D eigenvalue weighted by Gasteiger charge is -2.13. The predicted octanol–water partition coefficient (Wildman–Crippen LogP) is 5.27. The van der Waals surface area contributed by atoms with Crippen LogP contribution in [0.1, 0.15) is 16.8 Å². The summed E-state index contributed by atoms with van der Waals surface area (Å²) in [5, 5.41) is 13.7. The van der Waals surface area contributed by atoms with Crippen molar-refractivity contribution in [3.8, 4) is 5.75 Å². The molecule has 3 rings (SSSR count). The van der Waals surface area contributed by atoms with Gasteiger partial charge in [-0.15, -0.1) is 11.8 Å². The van der Waals surface area contributed by atoms with Crippen LogP contribution in [0.2, 0.25) is 0 Å². The molecule has 0 aliphatic carbocycles. The van der Waals surface area contributed by atoms with Crippen molar-refractivity contribution in [2.24, 2.45) is 0 Å². The Morgan fingerprint density at radius 3 is 2.29 bits per heavy atom. The monoisotopic (exact) mass is 498 g/mol. The second kappa shape index (κ2) is 12.4. The third kappa shape index (κ3) is 7.75. The van der Waals surface area contributed by atoms with Crippen molar-refractivity contribution >= 4 is 41.1 Å². The summed E-state index contributed by atoms with van der Waals surface area (Å²) in [4.78, 5) is 36.5. The number of halogens is 1. The van der Waals surface area contributed by atoms with E-state index in [-0.39, 0.29) is 24.6 Å². The zero-order valence-corrected chi connectivity index (χ0v) is 19.5. The van der Waals surface area contributed by atoms with Crippen molar-refractivity contribution < 1.29 is 33.4 Å². The van der Waals surface area contributed by atoms with Crippen LogP contribution >= 0.6 is 11.8 Å².